The van der Waals surface area contributed by atoms with Crippen LogP contribution >= 0.6 is 0 Å². The number of amides is 3. The van der Waals surface area contributed by atoms with E-state index in [1.807, 2.05) is 0 Å². The number of methoxy groups -OCH3 is 1. The molecular formula is C20H33N5O4. The Labute approximate surface area is 172 Å². The number of carbonyl (C=O) groups excluding carboxylic acids is 2. The molecule has 0 aromatic heterocycles. The van der Waals surface area contributed by atoms with Crippen LogP contribution in [-0.4, -0.2) is 88.6 Å². The minimum absolute atomic E-state index is 0.169. The fourth-order valence-electron chi connectivity index (χ4n) is 3.04. The van der Waals surface area contributed by atoms with Crippen molar-refractivity contribution in [3.05, 3.63) is 24.3 Å². The summed E-state index contributed by atoms with van der Waals surface area (Å²) in [4.78, 5) is 28.6. The summed E-state index contributed by atoms with van der Waals surface area (Å²) in [5.74, 6) is 0. The number of nitrogens with zero attached hydrogens (tertiary/aromatic N) is 2. The third-order valence-corrected chi connectivity index (χ3v) is 4.67. The van der Waals surface area contributed by atoms with Gasteiger partial charge in [-0.2, -0.15) is 0 Å². The van der Waals surface area contributed by atoms with Crippen LogP contribution in [0.4, 0.5) is 21.0 Å². The number of rotatable bonds is 9. The van der Waals surface area contributed by atoms with Crippen molar-refractivity contribution in [3.63, 3.8) is 0 Å². The number of hydrogen-bond donors (Lipinski definition) is 3. The third-order valence-electron chi connectivity index (χ3n) is 4.67. The van der Waals surface area contributed by atoms with E-state index in [9.17, 15) is 9.59 Å². The largest absolute Gasteiger partial charge is 0.447 e. The zero-order valence-corrected chi connectivity index (χ0v) is 17.6. The molecule has 1 fully saturated rings. The zero-order valence-electron chi connectivity index (χ0n) is 17.6. The molecule has 0 unspecified atom stereocenters. The van der Waals surface area contributed by atoms with E-state index < -0.39 is 6.09 Å². The Bertz CT molecular complexity index is 648. The monoisotopic (exact) mass is 407 g/mol. The molecule has 162 valence electrons. The average Bonchev–Trinajstić information content (AvgIpc) is 2.68. The predicted octanol–water partition coefficient (Wildman–Crippen LogP) is 2.03. The lowest BCUT2D eigenvalue weighted by molar-refractivity contribution is 0.107. The lowest BCUT2D eigenvalue weighted by atomic mass is 10.1. The maximum atomic E-state index is 12.3. The van der Waals surface area contributed by atoms with Gasteiger partial charge in [0.25, 0.3) is 0 Å². The molecule has 0 saturated carbocycles. The number of urea groups is 1. The first-order valence-electron chi connectivity index (χ1n) is 9.93. The first kappa shape index (κ1) is 22.9. The van der Waals surface area contributed by atoms with Gasteiger partial charge < -0.3 is 29.9 Å². The SMILES string of the molecule is COCCOC(=O)Nc1cccc(NC(=O)NC2CCN(CCN(C)C)CC2)c1. The first-order chi connectivity index (χ1) is 14.0. The number of likely N-dealkylation sites (tertiary alicyclic amines) is 1. The van der Waals surface area contributed by atoms with E-state index in [-0.39, 0.29) is 18.7 Å². The van der Waals surface area contributed by atoms with Crippen molar-refractivity contribution < 1.29 is 19.1 Å². The summed E-state index contributed by atoms with van der Waals surface area (Å²) in [7, 11) is 5.69. The van der Waals surface area contributed by atoms with Crippen LogP contribution in [0.5, 0.6) is 0 Å². The summed E-state index contributed by atoms with van der Waals surface area (Å²) < 4.78 is 9.80. The van der Waals surface area contributed by atoms with E-state index >= 15 is 0 Å². The van der Waals surface area contributed by atoms with Crippen LogP contribution in [0, 0.1) is 0 Å². The summed E-state index contributed by atoms with van der Waals surface area (Å²) in [6.07, 6.45) is 1.32. The van der Waals surface area contributed by atoms with Gasteiger partial charge in [0.15, 0.2) is 0 Å². The van der Waals surface area contributed by atoms with Gasteiger partial charge in [-0.1, -0.05) is 6.07 Å². The number of nitrogens with one attached hydrogen (secondary N) is 3. The molecule has 0 atom stereocenters. The summed E-state index contributed by atoms with van der Waals surface area (Å²) >= 11 is 0. The van der Waals surface area contributed by atoms with Gasteiger partial charge in [-0.05, 0) is 45.1 Å². The minimum Gasteiger partial charge on any atom is -0.447 e. The third kappa shape index (κ3) is 9.12. The molecule has 1 aliphatic heterocycles. The fraction of sp³-hybridized carbons (Fsp3) is 0.600. The number of ether oxygens (including phenoxy) is 2. The summed E-state index contributed by atoms with van der Waals surface area (Å²) in [6.45, 7) is 4.59. The lowest BCUT2D eigenvalue weighted by Gasteiger charge is -2.32. The van der Waals surface area contributed by atoms with Crippen LogP contribution in [0.15, 0.2) is 24.3 Å². The van der Waals surface area contributed by atoms with Gasteiger partial charge in [-0.3, -0.25) is 5.32 Å². The van der Waals surface area contributed by atoms with Crippen molar-refractivity contribution in [2.24, 2.45) is 0 Å². The quantitative estimate of drug-likeness (QED) is 0.542. The van der Waals surface area contributed by atoms with Gasteiger partial charge in [0.1, 0.15) is 6.61 Å². The number of benzene rings is 1. The van der Waals surface area contributed by atoms with Crippen molar-refractivity contribution in [1.82, 2.24) is 15.1 Å². The van der Waals surface area contributed by atoms with Crippen molar-refractivity contribution in [2.45, 2.75) is 18.9 Å². The van der Waals surface area contributed by atoms with Crippen LogP contribution in [0.3, 0.4) is 0 Å². The maximum Gasteiger partial charge on any atom is 0.411 e. The molecule has 1 aromatic carbocycles. The highest BCUT2D eigenvalue weighted by molar-refractivity contribution is 5.91. The molecule has 9 nitrogen and oxygen atoms in total. The Morgan fingerprint density at radius 2 is 1.83 bits per heavy atom. The first-order valence-corrected chi connectivity index (χ1v) is 9.93. The molecule has 1 aliphatic rings. The fourth-order valence-corrected chi connectivity index (χ4v) is 3.04. The molecule has 2 rings (SSSR count). The molecule has 9 heteroatoms. The maximum absolute atomic E-state index is 12.3. The second kappa shape index (κ2) is 12.3. The van der Waals surface area contributed by atoms with Crippen LogP contribution < -0.4 is 16.0 Å². The smallest absolute Gasteiger partial charge is 0.411 e. The van der Waals surface area contributed by atoms with Crippen LogP contribution in [0.25, 0.3) is 0 Å². The van der Waals surface area contributed by atoms with E-state index in [4.69, 9.17) is 9.47 Å². The summed E-state index contributed by atoms with van der Waals surface area (Å²) in [5.41, 5.74) is 1.14. The standard InChI is InChI=1S/C20H33N5O4/c1-24(2)11-12-25-9-7-16(8-10-25)21-19(26)22-17-5-4-6-18(15-17)23-20(27)29-14-13-28-3/h4-6,15-16H,7-14H2,1-3H3,(H,23,27)(H2,21,22,26). The highest BCUT2D eigenvalue weighted by Gasteiger charge is 2.20. The average molecular weight is 408 g/mol. The number of piperidine rings is 1. The molecule has 29 heavy (non-hydrogen) atoms. The van der Waals surface area contributed by atoms with Gasteiger partial charge in [0.05, 0.1) is 6.61 Å². The number of carbonyl (C=O) groups is 2. The van der Waals surface area contributed by atoms with E-state index in [0.29, 0.717) is 18.0 Å². The molecule has 0 bridgehead atoms. The lowest BCUT2D eigenvalue weighted by Crippen LogP contribution is -2.47. The normalized spacial score (nSPS) is 15.2. The second-order valence-corrected chi connectivity index (χ2v) is 7.35. The Kier molecular flexibility index (Phi) is 9.69. The molecular weight excluding hydrogens is 374 g/mol. The van der Waals surface area contributed by atoms with Gasteiger partial charge in [-0.25, -0.2) is 9.59 Å². The van der Waals surface area contributed by atoms with Gasteiger partial charge >= 0.3 is 12.1 Å². The summed E-state index contributed by atoms with van der Waals surface area (Å²) in [6, 6.07) is 6.86. The Hall–Kier alpha value is -2.36. The van der Waals surface area contributed by atoms with Gasteiger partial charge in [-0.15, -0.1) is 0 Å². The second-order valence-electron chi connectivity index (χ2n) is 7.35. The van der Waals surface area contributed by atoms with E-state index in [1.54, 1.807) is 24.3 Å². The van der Waals surface area contributed by atoms with Crippen molar-refractivity contribution in [3.8, 4) is 0 Å². The molecule has 0 spiro atoms. The van der Waals surface area contributed by atoms with Crippen LogP contribution in [0.2, 0.25) is 0 Å². The molecule has 1 heterocycles. The molecule has 0 radical (unpaired) electrons. The number of anilines is 2. The van der Waals surface area contributed by atoms with E-state index in [2.05, 4.69) is 39.8 Å². The molecule has 1 saturated heterocycles. The predicted molar refractivity (Wildman–Crippen MR) is 113 cm³/mol. The zero-order chi connectivity index (χ0) is 21.1. The Morgan fingerprint density at radius 1 is 1.14 bits per heavy atom. The molecule has 0 aliphatic carbocycles. The number of hydrogen-bond acceptors (Lipinski definition) is 6. The Morgan fingerprint density at radius 3 is 2.48 bits per heavy atom. The molecule has 3 N–H and O–H groups in total. The van der Waals surface area contributed by atoms with E-state index in [0.717, 1.165) is 39.0 Å². The topological polar surface area (TPSA) is 95.2 Å². The number of likely N-dealkylation sites (N-methyl/N-ethyl adjacent to an activating group) is 1. The minimum atomic E-state index is -0.565. The van der Waals surface area contributed by atoms with Crippen molar-refractivity contribution in [1.29, 1.82) is 0 Å². The van der Waals surface area contributed by atoms with Gasteiger partial charge in [0.2, 0.25) is 0 Å². The van der Waals surface area contributed by atoms with E-state index in [1.165, 1.54) is 7.11 Å². The van der Waals surface area contributed by atoms with Crippen molar-refractivity contribution >= 4 is 23.5 Å². The van der Waals surface area contributed by atoms with Crippen LogP contribution in [0.1, 0.15) is 12.8 Å². The van der Waals surface area contributed by atoms with Crippen LogP contribution in [-0.2, 0) is 9.47 Å². The Balaban J connectivity index is 1.73. The van der Waals surface area contributed by atoms with Gasteiger partial charge in [0, 0.05) is 50.7 Å². The summed E-state index contributed by atoms with van der Waals surface area (Å²) in [5, 5.41) is 8.48. The molecule has 3 amide bonds. The van der Waals surface area contributed by atoms with Crippen molar-refractivity contribution in [2.75, 3.05) is 71.2 Å². The molecule has 1 aromatic rings. The highest BCUT2D eigenvalue weighted by Crippen LogP contribution is 2.16. The highest BCUT2D eigenvalue weighted by atomic mass is 16.6.